The third-order valence-electron chi connectivity index (χ3n) is 1.20. The molecule has 2 aliphatic rings. The largest absolute Gasteiger partial charge is 2.00 e. The van der Waals surface area contributed by atoms with Crippen molar-refractivity contribution in [3.8, 4) is 0 Å². The molecule has 33 heavy (non-hydrogen) atoms. The van der Waals surface area contributed by atoms with Gasteiger partial charge in [-0.3, -0.25) is 27.4 Å². The second-order valence-corrected chi connectivity index (χ2v) is 12.5. The fourth-order valence-electron chi connectivity index (χ4n) is 0.824. The summed E-state index contributed by atoms with van der Waals surface area (Å²) in [7, 11) is -32.1. The number of rotatable bonds is 0. The van der Waals surface area contributed by atoms with E-state index in [4.69, 9.17) is 0 Å². The molecule has 0 aromatic heterocycles. The molecule has 0 aliphatic carbocycles. The van der Waals surface area contributed by atoms with Gasteiger partial charge in [0.15, 0.2) is 0 Å². The predicted molar refractivity (Wildman–Crippen MR) is 71.6 cm³/mol. The van der Waals surface area contributed by atoms with Gasteiger partial charge in [0, 0.05) is 0 Å². The standard InChI is InChI=1S/Cu.4K.2H3O9P3.4H2O/c;;;;;2*1-10(2)7-11(3,4)9-12(5,6)8-10;;;;/h;;;;;2*(H,1,2)(H,3,4)(H,5,6);4*1H2/q+2;4*+1;;;;;;/p-2. The Hall–Kier alpha value is 7.80. The van der Waals surface area contributed by atoms with E-state index in [2.05, 4.69) is 25.9 Å². The molecule has 2 rings (SSSR count). The molecule has 0 aromatic rings. The van der Waals surface area contributed by atoms with Crippen LogP contribution in [0, 0.1) is 0 Å². The molecule has 2 heterocycles. The molecule has 2 saturated heterocycles. The van der Waals surface area contributed by atoms with Gasteiger partial charge in [0.05, 0.1) is 0 Å². The minimum Gasteiger partial charge on any atom is -0.756 e. The van der Waals surface area contributed by atoms with Crippen LogP contribution in [0.3, 0.4) is 0 Å². The third-order valence-corrected chi connectivity index (χ3v) is 10.8. The molecule has 185 valence electrons. The molecule has 0 atom stereocenters. The van der Waals surface area contributed by atoms with Crippen molar-refractivity contribution in [3.63, 3.8) is 0 Å². The Morgan fingerprint density at radius 1 is 0.333 bits per heavy atom. The van der Waals surface area contributed by atoms with E-state index in [1.54, 1.807) is 0 Å². The first kappa shape index (κ1) is 63.9. The van der Waals surface area contributed by atoms with Crippen LogP contribution in [-0.4, -0.2) is 0 Å². The van der Waals surface area contributed by atoms with E-state index >= 15 is 0 Å². The van der Waals surface area contributed by atoms with Crippen LogP contribution in [0.25, 0.3) is 0 Å². The molecule has 0 amide bonds. The normalized spacial score (nSPS) is 40.2. The topological polar surface area (TPSA) is 428 Å². The van der Waals surface area contributed by atoms with Gasteiger partial charge in [0.1, 0.15) is 0 Å². The van der Waals surface area contributed by atoms with Crippen molar-refractivity contribution >= 4 is 46.9 Å². The van der Waals surface area contributed by atoms with E-state index in [-0.39, 0.29) is 245 Å². The Morgan fingerprint density at radius 3 is 0.455 bits per heavy atom. The molecule has 0 aromatic carbocycles. The molecule has 0 bridgehead atoms. The molecule has 12 N–H and O–H groups in total. The van der Waals surface area contributed by atoms with Crippen molar-refractivity contribution in [1.82, 2.24) is 0 Å². The monoisotopic (exact) mass is 769 g/mol. The van der Waals surface area contributed by atoms with Gasteiger partial charge in [-0.25, -0.2) is 25.9 Å². The molecule has 0 spiro atoms. The molecule has 2 fully saturated rings. The van der Waals surface area contributed by atoms with Crippen molar-refractivity contribution in [2.75, 3.05) is 0 Å². The molecule has 0 saturated carbocycles. The summed E-state index contributed by atoms with van der Waals surface area (Å²) in [6.07, 6.45) is 0. The number of hydrogen-bond donors (Lipinski definition) is 0. The van der Waals surface area contributed by atoms with Gasteiger partial charge in [-0.15, -0.1) is 0 Å². The van der Waals surface area contributed by atoms with Gasteiger partial charge in [-0.2, -0.15) is 0 Å². The smallest absolute Gasteiger partial charge is 0.756 e. The average Bonchev–Trinajstić information content (AvgIpc) is 1.97. The zero-order chi connectivity index (χ0) is 19.2. The summed E-state index contributed by atoms with van der Waals surface area (Å²) in [4.78, 5) is 61.4. The van der Waals surface area contributed by atoms with Crippen molar-refractivity contribution < 1.29 is 327 Å². The average molecular weight is 770 g/mol. The van der Waals surface area contributed by atoms with E-state index in [1.807, 2.05) is 0 Å². The van der Waals surface area contributed by atoms with Crippen LogP contribution < -0.4 is 235 Å². The van der Waals surface area contributed by atoms with E-state index < -0.39 is 46.9 Å². The SMILES string of the molecule is O=P1([O-])OP(=O)([O-])OP(=O)([O-])O1.O=P1([O-])OP(=O)([O-])OP(=O)([O-])O1.[Cu+2].[K+].[K+].[K+].[K+].[OH3+].[OH3+].[OH3+].[OH3+]. The quantitative estimate of drug-likeness (QED) is 0.125. The number of hydrogen-bond acceptors (Lipinski definition) is 18. The summed E-state index contributed by atoms with van der Waals surface area (Å²) in [6, 6.07) is 0. The molecular weight excluding hydrogens is 758 g/mol. The Morgan fingerprint density at radius 2 is 0.394 bits per heavy atom. The summed E-state index contributed by atoms with van der Waals surface area (Å²) in [5.41, 5.74) is 0. The second-order valence-electron chi connectivity index (χ2n) is 3.17. The summed E-state index contributed by atoms with van der Waals surface area (Å²) >= 11 is 0. The van der Waals surface area contributed by atoms with E-state index in [1.165, 1.54) is 0 Å². The fraction of sp³-hybridized carbons (Fsp3) is 0. The van der Waals surface area contributed by atoms with Gasteiger partial charge < -0.3 is 51.3 Å². The molecule has 2 aliphatic heterocycles. The minimum atomic E-state index is -5.36. The number of phosphoric acid groups is 6. The van der Waals surface area contributed by atoms with Crippen molar-refractivity contribution in [1.29, 1.82) is 0 Å². The molecular formula is H12CuK4O22P6+4. The van der Waals surface area contributed by atoms with Crippen molar-refractivity contribution in [2.45, 2.75) is 0 Å². The Balaban J connectivity index is -0.0000000392. The van der Waals surface area contributed by atoms with Crippen LogP contribution in [0.2, 0.25) is 0 Å². The summed E-state index contributed by atoms with van der Waals surface area (Å²) < 4.78 is 80.5. The zero-order valence-corrected chi connectivity index (χ0v) is 35.4. The van der Waals surface area contributed by atoms with Crippen LogP contribution in [0.5, 0.6) is 0 Å². The summed E-state index contributed by atoms with van der Waals surface area (Å²) in [6.45, 7) is 0. The van der Waals surface area contributed by atoms with E-state index in [0.717, 1.165) is 0 Å². The van der Waals surface area contributed by atoms with Crippen molar-refractivity contribution in [2.24, 2.45) is 0 Å². The summed E-state index contributed by atoms with van der Waals surface area (Å²) in [5, 5.41) is 0. The molecule has 22 nitrogen and oxygen atoms in total. The van der Waals surface area contributed by atoms with Crippen molar-refractivity contribution in [3.05, 3.63) is 0 Å². The van der Waals surface area contributed by atoms with Gasteiger partial charge >= 0.3 is 223 Å². The fourth-order valence-corrected chi connectivity index (χ4v) is 9.03. The van der Waals surface area contributed by atoms with Gasteiger partial charge in [0.25, 0.3) is 46.9 Å². The van der Waals surface area contributed by atoms with Crippen LogP contribution >= 0.6 is 46.9 Å². The van der Waals surface area contributed by atoms with Crippen LogP contribution in [0.4, 0.5) is 0 Å². The van der Waals surface area contributed by atoms with Crippen LogP contribution in [0.15, 0.2) is 0 Å². The zero-order valence-electron chi connectivity index (χ0n) is 16.6. The summed E-state index contributed by atoms with van der Waals surface area (Å²) in [5.74, 6) is 0. The van der Waals surface area contributed by atoms with E-state index in [9.17, 15) is 56.8 Å². The van der Waals surface area contributed by atoms with Gasteiger partial charge in [-0.1, -0.05) is 0 Å². The first-order valence-corrected chi connectivity index (χ1v) is 13.1. The minimum absolute atomic E-state index is 0. The first-order chi connectivity index (χ1) is 10.2. The van der Waals surface area contributed by atoms with E-state index in [0.29, 0.717) is 0 Å². The Kier molecular flexibility index (Phi) is 46.8. The predicted octanol–water partition coefficient (Wildman–Crippen LogP) is -18.8. The van der Waals surface area contributed by atoms with Gasteiger partial charge in [-0.05, 0) is 0 Å². The Labute approximate surface area is 364 Å². The maximum absolute atomic E-state index is 10.2. The molecule has 1 radical (unpaired) electrons. The molecule has 33 heteroatoms. The Bertz CT molecular complexity index is 600. The third kappa shape index (κ3) is 29.6. The second kappa shape index (κ2) is 24.2. The first-order valence-electron chi connectivity index (χ1n) is 4.38. The van der Waals surface area contributed by atoms with Crippen LogP contribution in [0.1, 0.15) is 0 Å². The van der Waals surface area contributed by atoms with Crippen LogP contribution in [-0.2, 0) is 92.2 Å². The molecule has 0 unspecified atom stereocenters. The van der Waals surface area contributed by atoms with Gasteiger partial charge in [0.2, 0.25) is 0 Å². The maximum atomic E-state index is 10.2. The maximum Gasteiger partial charge on any atom is 2.00 e.